The highest BCUT2D eigenvalue weighted by molar-refractivity contribution is 5.96. The first-order valence-corrected chi connectivity index (χ1v) is 9.28. The molecular weight excluding hydrogens is 348 g/mol. The highest BCUT2D eigenvalue weighted by Crippen LogP contribution is 2.51. The van der Waals surface area contributed by atoms with Crippen LogP contribution in [0.4, 0.5) is 0 Å². The molecule has 0 spiro atoms. The Morgan fingerprint density at radius 2 is 1.37 bits per heavy atom. The van der Waals surface area contributed by atoms with E-state index in [4.69, 9.17) is 9.47 Å². The summed E-state index contributed by atoms with van der Waals surface area (Å²) in [6.07, 6.45) is 0.554. The Morgan fingerprint density at radius 1 is 0.778 bits per heavy atom. The first-order valence-electron chi connectivity index (χ1n) is 9.28. The van der Waals surface area contributed by atoms with E-state index in [9.17, 15) is 19.2 Å². The number of benzene rings is 1. The molecule has 4 rings (SSSR count). The van der Waals surface area contributed by atoms with Crippen molar-refractivity contribution in [2.45, 2.75) is 57.3 Å². The SMILES string of the molecule is CC(C)(C)c1ccc2c(c1)C1CC(=O)OC(=O)C1CC2C1CC(=O)OC1=O. The van der Waals surface area contributed by atoms with E-state index in [-0.39, 0.29) is 30.1 Å². The Bertz CT molecular complexity index is 862. The number of fused-ring (bicyclic) bond motifs is 3. The van der Waals surface area contributed by atoms with E-state index in [2.05, 4.69) is 20.8 Å². The maximum Gasteiger partial charge on any atom is 0.317 e. The fraction of sp³-hybridized carbons (Fsp3) is 0.524. The summed E-state index contributed by atoms with van der Waals surface area (Å²) in [5.74, 6) is -3.73. The van der Waals surface area contributed by atoms with Crippen LogP contribution in [0.15, 0.2) is 18.2 Å². The van der Waals surface area contributed by atoms with E-state index < -0.39 is 35.7 Å². The summed E-state index contributed by atoms with van der Waals surface area (Å²) in [6, 6.07) is 6.06. The number of carbonyl (C=O) groups excluding carboxylic acids is 4. The highest BCUT2D eigenvalue weighted by Gasteiger charge is 2.50. The largest absolute Gasteiger partial charge is 0.393 e. The summed E-state index contributed by atoms with van der Waals surface area (Å²) in [5.41, 5.74) is 2.85. The third kappa shape index (κ3) is 2.97. The minimum absolute atomic E-state index is 0.0231. The topological polar surface area (TPSA) is 86.7 Å². The molecule has 27 heavy (non-hydrogen) atoms. The molecule has 142 valence electrons. The minimum Gasteiger partial charge on any atom is -0.393 e. The summed E-state index contributed by atoms with van der Waals surface area (Å²) >= 11 is 0. The van der Waals surface area contributed by atoms with Crippen LogP contribution in [0.25, 0.3) is 0 Å². The molecule has 2 saturated heterocycles. The van der Waals surface area contributed by atoms with Gasteiger partial charge in [0.05, 0.1) is 24.7 Å². The molecule has 0 aromatic heterocycles. The molecule has 2 aliphatic heterocycles. The molecule has 1 aliphatic carbocycles. The summed E-state index contributed by atoms with van der Waals surface area (Å²) in [5, 5.41) is 0. The molecule has 4 atom stereocenters. The van der Waals surface area contributed by atoms with Crippen molar-refractivity contribution in [3.05, 3.63) is 34.9 Å². The van der Waals surface area contributed by atoms with E-state index in [1.165, 1.54) is 0 Å². The molecule has 0 amide bonds. The monoisotopic (exact) mass is 370 g/mol. The Balaban J connectivity index is 1.84. The maximum atomic E-state index is 12.4. The normalized spacial score (nSPS) is 30.5. The lowest BCUT2D eigenvalue weighted by Crippen LogP contribution is -2.40. The minimum atomic E-state index is -0.594. The van der Waals surface area contributed by atoms with Crippen molar-refractivity contribution in [2.24, 2.45) is 11.8 Å². The first-order chi connectivity index (χ1) is 12.6. The van der Waals surface area contributed by atoms with Crippen molar-refractivity contribution in [3.8, 4) is 0 Å². The first kappa shape index (κ1) is 17.9. The quantitative estimate of drug-likeness (QED) is 0.558. The molecule has 2 heterocycles. The van der Waals surface area contributed by atoms with Gasteiger partial charge in [0.25, 0.3) is 0 Å². The highest BCUT2D eigenvalue weighted by atomic mass is 16.6. The van der Waals surface area contributed by atoms with E-state index in [0.717, 1.165) is 16.7 Å². The van der Waals surface area contributed by atoms with Crippen molar-refractivity contribution >= 4 is 23.9 Å². The van der Waals surface area contributed by atoms with Crippen LogP contribution in [0.3, 0.4) is 0 Å². The van der Waals surface area contributed by atoms with E-state index in [1.807, 2.05) is 18.2 Å². The van der Waals surface area contributed by atoms with Gasteiger partial charge in [-0.2, -0.15) is 0 Å². The predicted octanol–water partition coefficient (Wildman–Crippen LogP) is 2.73. The van der Waals surface area contributed by atoms with E-state index in [0.29, 0.717) is 6.42 Å². The summed E-state index contributed by atoms with van der Waals surface area (Å²) < 4.78 is 9.62. The van der Waals surface area contributed by atoms with Crippen molar-refractivity contribution in [3.63, 3.8) is 0 Å². The lowest BCUT2D eigenvalue weighted by atomic mass is 9.64. The summed E-state index contributed by atoms with van der Waals surface area (Å²) in [7, 11) is 0. The Morgan fingerprint density at radius 3 is 1.96 bits per heavy atom. The second-order valence-corrected chi connectivity index (χ2v) is 8.75. The number of carbonyl (C=O) groups is 4. The number of rotatable bonds is 1. The maximum absolute atomic E-state index is 12.4. The molecule has 4 unspecified atom stereocenters. The zero-order chi connectivity index (χ0) is 19.5. The summed E-state index contributed by atoms with van der Waals surface area (Å²) in [4.78, 5) is 48.1. The molecule has 6 nitrogen and oxygen atoms in total. The molecular formula is C21H22O6. The Labute approximate surface area is 157 Å². The second-order valence-electron chi connectivity index (χ2n) is 8.75. The van der Waals surface area contributed by atoms with Crippen LogP contribution in [-0.2, 0) is 34.1 Å². The van der Waals surface area contributed by atoms with Crippen LogP contribution in [-0.4, -0.2) is 23.9 Å². The van der Waals surface area contributed by atoms with Gasteiger partial charge in [0.1, 0.15) is 0 Å². The van der Waals surface area contributed by atoms with Crippen LogP contribution in [0.2, 0.25) is 0 Å². The molecule has 3 aliphatic rings. The van der Waals surface area contributed by atoms with Crippen LogP contribution in [0.1, 0.15) is 68.6 Å². The van der Waals surface area contributed by atoms with Crippen molar-refractivity contribution in [2.75, 3.05) is 0 Å². The van der Waals surface area contributed by atoms with E-state index >= 15 is 0 Å². The lowest BCUT2D eigenvalue weighted by molar-refractivity contribution is -0.170. The van der Waals surface area contributed by atoms with Gasteiger partial charge in [0.2, 0.25) is 0 Å². The molecule has 0 bridgehead atoms. The summed E-state index contributed by atoms with van der Waals surface area (Å²) in [6.45, 7) is 6.29. The third-order valence-corrected chi connectivity index (χ3v) is 6.04. The predicted molar refractivity (Wildman–Crippen MR) is 93.7 cm³/mol. The number of hydrogen-bond donors (Lipinski definition) is 0. The zero-order valence-electron chi connectivity index (χ0n) is 15.6. The average molecular weight is 370 g/mol. The van der Waals surface area contributed by atoms with Crippen LogP contribution >= 0.6 is 0 Å². The van der Waals surface area contributed by atoms with Crippen LogP contribution in [0, 0.1) is 11.8 Å². The number of cyclic esters (lactones) is 4. The molecule has 1 aromatic rings. The van der Waals surface area contributed by atoms with Crippen molar-refractivity contribution in [1.82, 2.24) is 0 Å². The number of ether oxygens (including phenoxy) is 2. The van der Waals surface area contributed by atoms with Gasteiger partial charge in [-0.15, -0.1) is 0 Å². The Kier molecular flexibility index (Phi) is 3.98. The van der Waals surface area contributed by atoms with Gasteiger partial charge >= 0.3 is 23.9 Å². The van der Waals surface area contributed by atoms with Gasteiger partial charge < -0.3 is 9.47 Å². The molecule has 1 aromatic carbocycles. The molecule has 6 heteroatoms. The van der Waals surface area contributed by atoms with Crippen LogP contribution < -0.4 is 0 Å². The number of esters is 4. The van der Waals surface area contributed by atoms with Gasteiger partial charge in [0.15, 0.2) is 0 Å². The molecule has 2 fully saturated rings. The standard InChI is InChI=1S/C21H22O6/c1-21(2,3)10-4-5-11-12(6-10)14-8-17(22)26-19(24)15(14)7-13(11)16-9-18(23)27-20(16)25/h4-6,13-16H,7-9H2,1-3H3. The van der Waals surface area contributed by atoms with E-state index in [1.54, 1.807) is 0 Å². The number of hydrogen-bond acceptors (Lipinski definition) is 6. The van der Waals surface area contributed by atoms with Gasteiger partial charge in [-0.1, -0.05) is 39.0 Å². The second kappa shape index (κ2) is 6.01. The Hall–Kier alpha value is -2.50. The molecule has 0 N–H and O–H groups in total. The van der Waals surface area contributed by atoms with Crippen molar-refractivity contribution in [1.29, 1.82) is 0 Å². The smallest absolute Gasteiger partial charge is 0.317 e. The van der Waals surface area contributed by atoms with Gasteiger partial charge in [-0.25, -0.2) is 0 Å². The van der Waals surface area contributed by atoms with Crippen molar-refractivity contribution < 1.29 is 28.7 Å². The van der Waals surface area contributed by atoms with Gasteiger partial charge in [0, 0.05) is 5.92 Å². The fourth-order valence-corrected chi connectivity index (χ4v) is 4.58. The van der Waals surface area contributed by atoms with Crippen LogP contribution in [0.5, 0.6) is 0 Å². The molecule has 0 radical (unpaired) electrons. The lowest BCUT2D eigenvalue weighted by Gasteiger charge is -2.40. The van der Waals surface area contributed by atoms with Gasteiger partial charge in [-0.05, 0) is 34.4 Å². The third-order valence-electron chi connectivity index (χ3n) is 6.04. The zero-order valence-corrected chi connectivity index (χ0v) is 15.6. The molecule has 0 saturated carbocycles. The average Bonchev–Trinajstić information content (AvgIpc) is 2.91. The van der Waals surface area contributed by atoms with Gasteiger partial charge in [-0.3, -0.25) is 19.2 Å². The fourth-order valence-electron chi connectivity index (χ4n) is 4.58.